The third-order valence-corrected chi connectivity index (χ3v) is 2.70. The lowest BCUT2D eigenvalue weighted by Gasteiger charge is -1.97. The van der Waals surface area contributed by atoms with E-state index in [0.29, 0.717) is 10.0 Å². The zero-order valence-electron chi connectivity index (χ0n) is 7.17. The fourth-order valence-corrected chi connectivity index (χ4v) is 1.76. The molecule has 5 heteroatoms. The maximum absolute atomic E-state index is 6.02. The van der Waals surface area contributed by atoms with E-state index in [1.165, 1.54) is 6.20 Å². The van der Waals surface area contributed by atoms with Crippen LogP contribution in [0.15, 0.2) is 6.20 Å². The molecule has 3 nitrogen and oxygen atoms in total. The van der Waals surface area contributed by atoms with Crippen molar-refractivity contribution in [2.45, 2.75) is 6.92 Å². The van der Waals surface area contributed by atoms with E-state index in [4.69, 9.17) is 23.2 Å². The van der Waals surface area contributed by atoms with Gasteiger partial charge in [-0.2, -0.15) is 5.10 Å². The predicted molar refractivity (Wildman–Crippen MR) is 53.3 cm³/mol. The van der Waals surface area contributed by atoms with Crippen LogP contribution >= 0.6 is 23.2 Å². The minimum absolute atomic E-state index is 0.463. The fourth-order valence-electron chi connectivity index (χ4n) is 1.34. The van der Waals surface area contributed by atoms with Crippen molar-refractivity contribution >= 4 is 34.2 Å². The van der Waals surface area contributed by atoms with Crippen LogP contribution < -0.4 is 0 Å². The number of aryl methyl sites for hydroxylation is 2. The summed E-state index contributed by atoms with van der Waals surface area (Å²) in [5.41, 5.74) is 1.60. The summed E-state index contributed by atoms with van der Waals surface area (Å²) < 4.78 is 1.69. The molecule has 0 spiro atoms. The van der Waals surface area contributed by atoms with E-state index in [0.717, 1.165) is 16.7 Å². The predicted octanol–water partition coefficient (Wildman–Crippen LogP) is 2.58. The SMILES string of the molecule is Cc1nn(C)c2ncc(Cl)c(Cl)c12. The number of hydrogen-bond donors (Lipinski definition) is 0. The molecule has 0 atom stereocenters. The smallest absolute Gasteiger partial charge is 0.159 e. The zero-order valence-corrected chi connectivity index (χ0v) is 8.69. The average Bonchev–Trinajstić information content (AvgIpc) is 2.35. The molecule has 0 unspecified atom stereocenters. The second-order valence-corrected chi connectivity index (χ2v) is 3.61. The van der Waals surface area contributed by atoms with Gasteiger partial charge in [0, 0.05) is 13.2 Å². The Morgan fingerprint density at radius 1 is 1.38 bits per heavy atom. The van der Waals surface area contributed by atoms with Crippen LogP contribution in [-0.2, 0) is 7.05 Å². The van der Waals surface area contributed by atoms with Gasteiger partial charge in [0.05, 0.1) is 21.1 Å². The van der Waals surface area contributed by atoms with Crippen LogP contribution in [0.1, 0.15) is 5.69 Å². The lowest BCUT2D eigenvalue weighted by atomic mass is 10.3. The van der Waals surface area contributed by atoms with Gasteiger partial charge in [-0.15, -0.1) is 0 Å². The highest BCUT2D eigenvalue weighted by atomic mass is 35.5. The zero-order chi connectivity index (χ0) is 9.59. The molecular formula is C8H7Cl2N3. The Labute approximate surface area is 85.3 Å². The lowest BCUT2D eigenvalue weighted by molar-refractivity contribution is 0.774. The summed E-state index contributed by atoms with van der Waals surface area (Å²) in [5.74, 6) is 0. The molecule has 0 amide bonds. The molecule has 0 saturated heterocycles. The Morgan fingerprint density at radius 2 is 2.08 bits per heavy atom. The van der Waals surface area contributed by atoms with Crippen molar-refractivity contribution in [2.24, 2.45) is 7.05 Å². The van der Waals surface area contributed by atoms with E-state index in [1.54, 1.807) is 4.68 Å². The molecule has 0 aliphatic heterocycles. The molecule has 0 fully saturated rings. The van der Waals surface area contributed by atoms with Gasteiger partial charge in [-0.25, -0.2) is 4.98 Å². The van der Waals surface area contributed by atoms with Crippen molar-refractivity contribution in [2.75, 3.05) is 0 Å². The molecule has 0 bridgehead atoms. The van der Waals surface area contributed by atoms with Gasteiger partial charge in [-0.05, 0) is 6.92 Å². The largest absolute Gasteiger partial charge is 0.250 e. The van der Waals surface area contributed by atoms with Gasteiger partial charge < -0.3 is 0 Å². The number of pyridine rings is 1. The van der Waals surface area contributed by atoms with Crippen molar-refractivity contribution in [1.82, 2.24) is 14.8 Å². The number of hydrogen-bond acceptors (Lipinski definition) is 2. The van der Waals surface area contributed by atoms with E-state index in [1.807, 2.05) is 14.0 Å². The van der Waals surface area contributed by atoms with E-state index in [2.05, 4.69) is 10.1 Å². The van der Waals surface area contributed by atoms with Crippen molar-refractivity contribution in [3.63, 3.8) is 0 Å². The van der Waals surface area contributed by atoms with E-state index < -0.39 is 0 Å². The minimum Gasteiger partial charge on any atom is -0.250 e. The third-order valence-electron chi connectivity index (χ3n) is 1.92. The van der Waals surface area contributed by atoms with Crippen LogP contribution in [0.2, 0.25) is 10.0 Å². The van der Waals surface area contributed by atoms with Gasteiger partial charge in [0.15, 0.2) is 5.65 Å². The summed E-state index contributed by atoms with van der Waals surface area (Å²) in [5, 5.41) is 6.02. The second kappa shape index (κ2) is 2.86. The van der Waals surface area contributed by atoms with Crippen LogP contribution in [-0.4, -0.2) is 14.8 Å². The number of rotatable bonds is 0. The first-order valence-electron chi connectivity index (χ1n) is 3.74. The first-order chi connectivity index (χ1) is 6.11. The Morgan fingerprint density at radius 3 is 2.77 bits per heavy atom. The normalized spacial score (nSPS) is 11.1. The van der Waals surface area contributed by atoms with Gasteiger partial charge in [-0.1, -0.05) is 23.2 Å². The summed E-state index contributed by atoms with van der Waals surface area (Å²) >= 11 is 11.9. The Hall–Kier alpha value is -0.800. The molecule has 2 rings (SSSR count). The highest BCUT2D eigenvalue weighted by Crippen LogP contribution is 2.30. The van der Waals surface area contributed by atoms with Crippen molar-refractivity contribution in [3.05, 3.63) is 21.9 Å². The molecule has 0 aliphatic carbocycles. The summed E-state index contributed by atoms with van der Waals surface area (Å²) in [7, 11) is 1.83. The van der Waals surface area contributed by atoms with E-state index in [9.17, 15) is 0 Å². The van der Waals surface area contributed by atoms with E-state index >= 15 is 0 Å². The number of fused-ring (bicyclic) bond motifs is 1. The summed E-state index contributed by atoms with van der Waals surface area (Å²) in [6, 6.07) is 0. The topological polar surface area (TPSA) is 30.7 Å². The molecule has 2 aromatic rings. The van der Waals surface area contributed by atoms with Crippen LogP contribution in [0, 0.1) is 6.92 Å². The van der Waals surface area contributed by atoms with Crippen LogP contribution in [0.5, 0.6) is 0 Å². The molecule has 0 saturated carbocycles. The highest BCUT2D eigenvalue weighted by Gasteiger charge is 2.12. The van der Waals surface area contributed by atoms with E-state index in [-0.39, 0.29) is 0 Å². The minimum atomic E-state index is 0.463. The first-order valence-corrected chi connectivity index (χ1v) is 4.50. The molecule has 0 aliphatic rings. The molecule has 68 valence electrons. The highest BCUT2D eigenvalue weighted by molar-refractivity contribution is 6.45. The monoisotopic (exact) mass is 215 g/mol. The Bertz CT molecular complexity index is 476. The van der Waals surface area contributed by atoms with Crippen molar-refractivity contribution < 1.29 is 0 Å². The van der Waals surface area contributed by atoms with Gasteiger partial charge in [0.1, 0.15) is 0 Å². The number of aromatic nitrogens is 3. The molecule has 2 heterocycles. The summed E-state index contributed by atoms with van der Waals surface area (Å²) in [4.78, 5) is 4.15. The maximum Gasteiger partial charge on any atom is 0.159 e. The third kappa shape index (κ3) is 1.19. The molecular weight excluding hydrogens is 209 g/mol. The van der Waals surface area contributed by atoms with Gasteiger partial charge >= 0.3 is 0 Å². The quantitative estimate of drug-likeness (QED) is 0.677. The van der Waals surface area contributed by atoms with Crippen molar-refractivity contribution in [1.29, 1.82) is 0 Å². The van der Waals surface area contributed by atoms with Crippen LogP contribution in [0.4, 0.5) is 0 Å². The number of nitrogens with zero attached hydrogens (tertiary/aromatic N) is 3. The summed E-state index contributed by atoms with van der Waals surface area (Å²) in [6.07, 6.45) is 1.54. The van der Waals surface area contributed by atoms with Gasteiger partial charge in [0.2, 0.25) is 0 Å². The Balaban J connectivity index is 2.98. The number of halogens is 2. The van der Waals surface area contributed by atoms with Crippen LogP contribution in [0.3, 0.4) is 0 Å². The standard InChI is InChI=1S/C8H7Cl2N3/c1-4-6-7(10)5(9)3-11-8(6)13(2)12-4/h3H,1-2H3. The lowest BCUT2D eigenvalue weighted by Crippen LogP contribution is -1.91. The maximum atomic E-state index is 6.02. The molecule has 13 heavy (non-hydrogen) atoms. The van der Waals surface area contributed by atoms with Crippen LogP contribution in [0.25, 0.3) is 11.0 Å². The first kappa shape index (κ1) is 8.78. The van der Waals surface area contributed by atoms with Gasteiger partial charge in [0.25, 0.3) is 0 Å². The molecule has 2 aromatic heterocycles. The van der Waals surface area contributed by atoms with Gasteiger partial charge in [-0.3, -0.25) is 4.68 Å². The van der Waals surface area contributed by atoms with Crippen molar-refractivity contribution in [3.8, 4) is 0 Å². The molecule has 0 N–H and O–H groups in total. The summed E-state index contributed by atoms with van der Waals surface area (Å²) in [6.45, 7) is 1.88. The second-order valence-electron chi connectivity index (χ2n) is 2.83. The fraction of sp³-hybridized carbons (Fsp3) is 0.250. The molecule has 0 aromatic carbocycles. The average molecular weight is 216 g/mol. The molecule has 0 radical (unpaired) electrons. The Kier molecular flexibility index (Phi) is 1.93.